The number of piperazine rings is 1. The average molecular weight is 388 g/mol. The maximum Gasteiger partial charge on any atom is 0.322 e. The van der Waals surface area contributed by atoms with Gasteiger partial charge in [-0.25, -0.2) is 4.79 Å². The highest BCUT2D eigenvalue weighted by molar-refractivity contribution is 6.32. The van der Waals surface area contributed by atoms with Crippen LogP contribution in [0.3, 0.4) is 0 Å². The molecular weight excluding hydrogens is 366 g/mol. The summed E-state index contributed by atoms with van der Waals surface area (Å²) in [5.41, 5.74) is 1.32. The van der Waals surface area contributed by atoms with E-state index < -0.39 is 6.04 Å². The first-order valence-corrected chi connectivity index (χ1v) is 9.26. The summed E-state index contributed by atoms with van der Waals surface area (Å²) in [6, 6.07) is 13.7. The quantitative estimate of drug-likeness (QED) is 0.862. The molecule has 0 spiro atoms. The van der Waals surface area contributed by atoms with E-state index in [1.807, 2.05) is 37.3 Å². The number of hydrogen-bond acceptors (Lipinski definition) is 3. The Balaban J connectivity index is 1.74. The molecule has 1 unspecified atom stereocenters. The van der Waals surface area contributed by atoms with Crippen LogP contribution in [0.4, 0.5) is 16.2 Å². The zero-order chi connectivity index (χ0) is 19.4. The van der Waals surface area contributed by atoms with Gasteiger partial charge in [-0.2, -0.15) is 0 Å². The van der Waals surface area contributed by atoms with Gasteiger partial charge in [0, 0.05) is 18.8 Å². The number of benzene rings is 2. The Bertz CT molecular complexity index is 828. The standard InChI is InChI=1S/C20H22ClN3O3/c1-3-27-18-16(21)10-7-11-17(18)22-20(26)23-12-13-24(19(25)14(23)2)15-8-5-4-6-9-15/h4-11,14H,3,12-13H2,1-2H3,(H,22,26). The molecule has 2 aromatic rings. The van der Waals surface area contributed by atoms with Crippen LogP contribution in [-0.4, -0.2) is 42.6 Å². The van der Waals surface area contributed by atoms with E-state index >= 15 is 0 Å². The van der Waals surface area contributed by atoms with Gasteiger partial charge < -0.3 is 19.9 Å². The van der Waals surface area contributed by atoms with E-state index in [-0.39, 0.29) is 11.9 Å². The molecule has 1 fully saturated rings. The van der Waals surface area contributed by atoms with E-state index in [1.54, 1.807) is 30.0 Å². The fraction of sp³-hybridized carbons (Fsp3) is 0.300. The summed E-state index contributed by atoms with van der Waals surface area (Å²) in [4.78, 5) is 28.8. The zero-order valence-corrected chi connectivity index (χ0v) is 16.1. The first kappa shape index (κ1) is 19.0. The van der Waals surface area contributed by atoms with Gasteiger partial charge in [-0.1, -0.05) is 35.9 Å². The Morgan fingerprint density at radius 1 is 1.19 bits per heavy atom. The lowest BCUT2D eigenvalue weighted by molar-refractivity contribution is -0.123. The number of amides is 3. The largest absolute Gasteiger partial charge is 0.490 e. The second kappa shape index (κ2) is 8.31. The fourth-order valence-corrected chi connectivity index (χ4v) is 3.33. The van der Waals surface area contributed by atoms with Gasteiger partial charge in [0.15, 0.2) is 5.75 Å². The molecule has 6 nitrogen and oxygen atoms in total. The maximum atomic E-state index is 12.8. The van der Waals surface area contributed by atoms with E-state index in [0.717, 1.165) is 5.69 Å². The number of hydrogen-bond donors (Lipinski definition) is 1. The number of rotatable bonds is 4. The van der Waals surface area contributed by atoms with Crippen LogP contribution in [0.15, 0.2) is 48.5 Å². The summed E-state index contributed by atoms with van der Waals surface area (Å²) in [6.45, 7) is 4.88. The Labute approximate surface area is 163 Å². The van der Waals surface area contributed by atoms with Crippen LogP contribution in [0, 0.1) is 0 Å². The normalized spacial score (nSPS) is 17.0. The minimum atomic E-state index is -0.575. The molecule has 1 N–H and O–H groups in total. The SMILES string of the molecule is CCOc1c(Cl)cccc1NC(=O)N1CCN(c2ccccc2)C(=O)C1C. The molecule has 2 aromatic carbocycles. The first-order valence-electron chi connectivity index (χ1n) is 8.88. The van der Waals surface area contributed by atoms with Gasteiger partial charge in [-0.3, -0.25) is 4.79 Å². The third kappa shape index (κ3) is 4.01. The third-order valence-corrected chi connectivity index (χ3v) is 4.78. The van der Waals surface area contributed by atoms with Crippen molar-refractivity contribution in [1.29, 1.82) is 0 Å². The van der Waals surface area contributed by atoms with Gasteiger partial charge in [0.25, 0.3) is 0 Å². The number of halogens is 1. The van der Waals surface area contributed by atoms with E-state index in [2.05, 4.69) is 5.32 Å². The van der Waals surface area contributed by atoms with Gasteiger partial charge in [0.05, 0.1) is 17.3 Å². The van der Waals surface area contributed by atoms with E-state index in [9.17, 15) is 9.59 Å². The van der Waals surface area contributed by atoms with Crippen molar-refractivity contribution in [3.63, 3.8) is 0 Å². The summed E-state index contributed by atoms with van der Waals surface area (Å²) in [5, 5.41) is 3.24. The Morgan fingerprint density at radius 2 is 1.93 bits per heavy atom. The van der Waals surface area contributed by atoms with Crippen LogP contribution in [0.1, 0.15) is 13.8 Å². The summed E-state index contributed by atoms with van der Waals surface area (Å²) in [6.07, 6.45) is 0. The molecule has 3 amide bonds. The molecule has 0 aliphatic carbocycles. The van der Waals surface area contributed by atoms with Crippen molar-refractivity contribution in [1.82, 2.24) is 4.90 Å². The highest BCUT2D eigenvalue weighted by Crippen LogP contribution is 2.33. The molecule has 1 atom stereocenters. The topological polar surface area (TPSA) is 61.9 Å². The Morgan fingerprint density at radius 3 is 2.63 bits per heavy atom. The number of carbonyl (C=O) groups excluding carboxylic acids is 2. The number of nitrogens with one attached hydrogen (secondary N) is 1. The molecule has 1 saturated heterocycles. The summed E-state index contributed by atoms with van der Waals surface area (Å²) >= 11 is 6.17. The first-order chi connectivity index (χ1) is 13.0. The molecule has 0 saturated carbocycles. The highest BCUT2D eigenvalue weighted by Gasteiger charge is 2.35. The number of anilines is 2. The van der Waals surface area contributed by atoms with Gasteiger partial charge >= 0.3 is 6.03 Å². The fourth-order valence-electron chi connectivity index (χ4n) is 3.10. The molecule has 1 aliphatic heterocycles. The lowest BCUT2D eigenvalue weighted by atomic mass is 10.1. The van der Waals surface area contributed by atoms with Crippen molar-refractivity contribution in [2.24, 2.45) is 0 Å². The van der Waals surface area contributed by atoms with Crippen molar-refractivity contribution in [3.05, 3.63) is 53.6 Å². The molecule has 1 heterocycles. The predicted octanol–water partition coefficient (Wildman–Crippen LogP) is 4.01. The van der Waals surface area contributed by atoms with Crippen molar-refractivity contribution >= 4 is 34.9 Å². The number of nitrogens with zero attached hydrogens (tertiary/aromatic N) is 2. The number of urea groups is 1. The maximum absolute atomic E-state index is 12.8. The monoisotopic (exact) mass is 387 g/mol. The van der Waals surface area contributed by atoms with Crippen molar-refractivity contribution in [2.45, 2.75) is 19.9 Å². The Kier molecular flexibility index (Phi) is 5.86. The van der Waals surface area contributed by atoms with E-state index in [0.29, 0.717) is 36.2 Å². The number of ether oxygens (including phenoxy) is 1. The second-order valence-electron chi connectivity index (χ2n) is 6.17. The van der Waals surface area contributed by atoms with Crippen LogP contribution in [0.25, 0.3) is 0 Å². The van der Waals surface area contributed by atoms with Gasteiger partial charge in [0.1, 0.15) is 6.04 Å². The van der Waals surface area contributed by atoms with Crippen molar-refractivity contribution in [2.75, 3.05) is 29.9 Å². The number of carbonyl (C=O) groups is 2. The molecule has 0 aromatic heterocycles. The smallest absolute Gasteiger partial charge is 0.322 e. The lowest BCUT2D eigenvalue weighted by Gasteiger charge is -2.39. The highest BCUT2D eigenvalue weighted by atomic mass is 35.5. The van der Waals surface area contributed by atoms with Crippen molar-refractivity contribution < 1.29 is 14.3 Å². The molecule has 0 bridgehead atoms. The van der Waals surface area contributed by atoms with E-state index in [1.165, 1.54) is 4.90 Å². The van der Waals surface area contributed by atoms with Gasteiger partial charge in [0.2, 0.25) is 5.91 Å². The van der Waals surface area contributed by atoms with Crippen LogP contribution >= 0.6 is 11.6 Å². The lowest BCUT2D eigenvalue weighted by Crippen LogP contribution is -2.58. The van der Waals surface area contributed by atoms with Gasteiger partial charge in [-0.15, -0.1) is 0 Å². The van der Waals surface area contributed by atoms with Crippen LogP contribution in [0.2, 0.25) is 5.02 Å². The third-order valence-electron chi connectivity index (χ3n) is 4.48. The Hall–Kier alpha value is -2.73. The van der Waals surface area contributed by atoms with Crippen molar-refractivity contribution in [3.8, 4) is 5.75 Å². The van der Waals surface area contributed by atoms with Gasteiger partial charge in [-0.05, 0) is 38.1 Å². The molecular formula is C20H22ClN3O3. The van der Waals surface area contributed by atoms with Crippen LogP contribution in [-0.2, 0) is 4.79 Å². The summed E-state index contributed by atoms with van der Waals surface area (Å²) in [7, 11) is 0. The predicted molar refractivity (Wildman–Crippen MR) is 107 cm³/mol. The van der Waals surface area contributed by atoms with Crippen LogP contribution in [0.5, 0.6) is 5.75 Å². The molecule has 27 heavy (non-hydrogen) atoms. The molecule has 7 heteroatoms. The van der Waals surface area contributed by atoms with Crippen LogP contribution < -0.4 is 15.0 Å². The molecule has 142 valence electrons. The summed E-state index contributed by atoms with van der Waals surface area (Å²) in [5.74, 6) is 0.315. The molecule has 1 aliphatic rings. The summed E-state index contributed by atoms with van der Waals surface area (Å²) < 4.78 is 5.54. The minimum absolute atomic E-state index is 0.112. The molecule has 3 rings (SSSR count). The minimum Gasteiger partial charge on any atom is -0.490 e. The van der Waals surface area contributed by atoms with E-state index in [4.69, 9.17) is 16.3 Å². The molecule has 0 radical (unpaired) electrons. The number of para-hydroxylation sites is 2. The zero-order valence-electron chi connectivity index (χ0n) is 15.3. The average Bonchev–Trinajstić information content (AvgIpc) is 2.67. The second-order valence-corrected chi connectivity index (χ2v) is 6.58.